The number of nitrogens with zero attached hydrogens (tertiary/aromatic N) is 4. The molecule has 0 unspecified atom stereocenters. The van der Waals surface area contributed by atoms with Crippen LogP contribution in [0.4, 0.5) is 8.78 Å². The molecule has 3 heterocycles. The highest BCUT2D eigenvalue weighted by Gasteiger charge is 2.13. The molecule has 0 amide bonds. The van der Waals surface area contributed by atoms with Crippen molar-refractivity contribution in [3.05, 3.63) is 83.3 Å². The maximum Gasteiger partial charge on any atom is 0.388 e. The van der Waals surface area contributed by atoms with Crippen molar-refractivity contribution in [3.63, 3.8) is 0 Å². The van der Waals surface area contributed by atoms with Gasteiger partial charge in [0, 0.05) is 29.5 Å². The first-order valence-corrected chi connectivity index (χ1v) is 8.57. The van der Waals surface area contributed by atoms with Crippen LogP contribution in [0.5, 0.6) is 5.88 Å². The lowest BCUT2D eigenvalue weighted by atomic mass is 10.1. The molecule has 0 spiro atoms. The van der Waals surface area contributed by atoms with Gasteiger partial charge in [0.25, 0.3) is 5.56 Å². The standard InChI is InChI=1S/C20H14F2N4O3/c21-20(22)29-17-8-6-14(10-23-17)15-7-9-18(27)26(25-15)11-16-19(24-12-28-16)13-4-2-1-3-5-13/h1-10,12,20H,11H2. The SMILES string of the molecule is O=c1ccc(-c2ccc(OC(F)F)nc2)nn1Cc1ocnc1-c1ccccc1. The average Bonchev–Trinajstić information content (AvgIpc) is 3.19. The molecule has 146 valence electrons. The maximum absolute atomic E-state index is 12.3. The van der Waals surface area contributed by atoms with Gasteiger partial charge in [-0.05, 0) is 12.1 Å². The molecule has 4 rings (SSSR count). The Kier molecular flexibility index (Phi) is 5.10. The number of hydrogen-bond donors (Lipinski definition) is 0. The van der Waals surface area contributed by atoms with E-state index in [9.17, 15) is 13.6 Å². The molecule has 0 aliphatic carbocycles. The highest BCUT2D eigenvalue weighted by atomic mass is 19.3. The molecule has 7 nitrogen and oxygen atoms in total. The Morgan fingerprint density at radius 1 is 1.00 bits per heavy atom. The topological polar surface area (TPSA) is 83.0 Å². The number of pyridine rings is 1. The summed E-state index contributed by atoms with van der Waals surface area (Å²) in [7, 11) is 0. The van der Waals surface area contributed by atoms with E-state index in [4.69, 9.17) is 4.42 Å². The van der Waals surface area contributed by atoms with E-state index >= 15 is 0 Å². The van der Waals surface area contributed by atoms with Crippen LogP contribution in [0.3, 0.4) is 0 Å². The quantitative estimate of drug-likeness (QED) is 0.495. The van der Waals surface area contributed by atoms with E-state index < -0.39 is 6.61 Å². The largest absolute Gasteiger partial charge is 0.446 e. The summed E-state index contributed by atoms with van der Waals surface area (Å²) < 4.78 is 35.4. The third-order valence-corrected chi connectivity index (χ3v) is 4.09. The van der Waals surface area contributed by atoms with E-state index in [1.165, 1.54) is 41.5 Å². The van der Waals surface area contributed by atoms with Crippen LogP contribution in [-0.4, -0.2) is 26.4 Å². The van der Waals surface area contributed by atoms with Gasteiger partial charge in [-0.2, -0.15) is 13.9 Å². The molecule has 0 aliphatic rings. The van der Waals surface area contributed by atoms with Crippen molar-refractivity contribution >= 4 is 0 Å². The van der Waals surface area contributed by atoms with Gasteiger partial charge >= 0.3 is 6.61 Å². The summed E-state index contributed by atoms with van der Waals surface area (Å²) in [6.45, 7) is -2.87. The Morgan fingerprint density at radius 2 is 1.83 bits per heavy atom. The number of ether oxygens (including phenoxy) is 1. The van der Waals surface area contributed by atoms with Crippen LogP contribution in [0.25, 0.3) is 22.5 Å². The Balaban J connectivity index is 1.62. The van der Waals surface area contributed by atoms with Crippen LogP contribution in [0, 0.1) is 0 Å². The van der Waals surface area contributed by atoms with Crippen molar-refractivity contribution < 1.29 is 17.9 Å². The second kappa shape index (κ2) is 8.01. The third-order valence-electron chi connectivity index (χ3n) is 4.09. The molecule has 3 aromatic heterocycles. The molecule has 1 aromatic carbocycles. The lowest BCUT2D eigenvalue weighted by Crippen LogP contribution is -2.23. The molecule has 0 atom stereocenters. The smallest absolute Gasteiger partial charge is 0.388 e. The first kappa shape index (κ1) is 18.5. The van der Waals surface area contributed by atoms with Gasteiger partial charge in [-0.15, -0.1) is 0 Å². The molecule has 0 saturated heterocycles. The minimum absolute atomic E-state index is 0.0803. The predicted molar refractivity (Wildman–Crippen MR) is 99.4 cm³/mol. The summed E-state index contributed by atoms with van der Waals surface area (Å²) in [5.74, 6) is 0.285. The van der Waals surface area contributed by atoms with Crippen LogP contribution in [0.2, 0.25) is 0 Å². The van der Waals surface area contributed by atoms with E-state index in [-0.39, 0.29) is 18.0 Å². The van der Waals surface area contributed by atoms with Gasteiger partial charge < -0.3 is 9.15 Å². The number of hydrogen-bond acceptors (Lipinski definition) is 6. The Morgan fingerprint density at radius 3 is 2.55 bits per heavy atom. The van der Waals surface area contributed by atoms with Crippen molar-refractivity contribution in [1.82, 2.24) is 19.7 Å². The number of benzene rings is 1. The number of aromatic nitrogens is 4. The highest BCUT2D eigenvalue weighted by Crippen LogP contribution is 2.23. The maximum atomic E-state index is 12.3. The summed E-state index contributed by atoms with van der Waals surface area (Å²) in [5, 5.41) is 4.33. The van der Waals surface area contributed by atoms with Crippen LogP contribution in [-0.2, 0) is 6.54 Å². The Hall–Kier alpha value is -3.88. The van der Waals surface area contributed by atoms with Gasteiger partial charge in [-0.3, -0.25) is 4.79 Å². The first-order valence-electron chi connectivity index (χ1n) is 8.57. The fourth-order valence-corrected chi connectivity index (χ4v) is 2.76. The fraction of sp³-hybridized carbons (Fsp3) is 0.100. The monoisotopic (exact) mass is 396 g/mol. The molecule has 29 heavy (non-hydrogen) atoms. The van der Waals surface area contributed by atoms with E-state index in [0.29, 0.717) is 22.7 Å². The number of halogens is 2. The molecule has 0 N–H and O–H groups in total. The van der Waals surface area contributed by atoms with Gasteiger partial charge in [0.05, 0.1) is 5.69 Å². The molecular formula is C20H14F2N4O3. The summed E-state index contributed by atoms with van der Waals surface area (Å²) in [6.07, 6.45) is 2.66. The van der Waals surface area contributed by atoms with Crippen LogP contribution >= 0.6 is 0 Å². The van der Waals surface area contributed by atoms with Gasteiger partial charge in [0.15, 0.2) is 12.2 Å². The van der Waals surface area contributed by atoms with Gasteiger partial charge in [-0.1, -0.05) is 30.3 Å². The molecular weight excluding hydrogens is 382 g/mol. The summed E-state index contributed by atoms with van der Waals surface area (Å²) in [5.41, 5.74) is 2.15. The zero-order valence-electron chi connectivity index (χ0n) is 14.9. The first-order chi connectivity index (χ1) is 14.1. The molecule has 4 aromatic rings. The number of alkyl halides is 2. The zero-order chi connectivity index (χ0) is 20.2. The normalized spacial score (nSPS) is 11.0. The Labute approximate surface area is 163 Å². The second-order valence-corrected chi connectivity index (χ2v) is 5.97. The minimum Gasteiger partial charge on any atom is -0.446 e. The van der Waals surface area contributed by atoms with Crippen LogP contribution in [0.15, 0.2) is 76.4 Å². The molecule has 0 bridgehead atoms. The van der Waals surface area contributed by atoms with Crippen molar-refractivity contribution in [2.24, 2.45) is 0 Å². The number of oxazole rings is 1. The zero-order valence-corrected chi connectivity index (χ0v) is 14.9. The van der Waals surface area contributed by atoms with Crippen molar-refractivity contribution in [1.29, 1.82) is 0 Å². The molecule has 9 heteroatoms. The van der Waals surface area contributed by atoms with E-state index in [1.54, 1.807) is 0 Å². The van der Waals surface area contributed by atoms with Crippen LogP contribution in [0.1, 0.15) is 5.76 Å². The summed E-state index contributed by atoms with van der Waals surface area (Å²) in [6, 6.07) is 15.2. The third kappa shape index (κ3) is 4.18. The lowest BCUT2D eigenvalue weighted by Gasteiger charge is -2.08. The molecule has 0 saturated carbocycles. The molecule has 0 radical (unpaired) electrons. The fourth-order valence-electron chi connectivity index (χ4n) is 2.76. The summed E-state index contributed by atoms with van der Waals surface area (Å²) in [4.78, 5) is 20.3. The van der Waals surface area contributed by atoms with E-state index in [0.717, 1.165) is 5.56 Å². The van der Waals surface area contributed by atoms with Crippen molar-refractivity contribution in [2.45, 2.75) is 13.2 Å². The van der Waals surface area contributed by atoms with Gasteiger partial charge in [0.1, 0.15) is 12.2 Å². The summed E-state index contributed by atoms with van der Waals surface area (Å²) >= 11 is 0. The van der Waals surface area contributed by atoms with E-state index in [1.807, 2.05) is 30.3 Å². The lowest BCUT2D eigenvalue weighted by molar-refractivity contribution is -0.0528. The van der Waals surface area contributed by atoms with Gasteiger partial charge in [0.2, 0.25) is 5.88 Å². The minimum atomic E-state index is -2.95. The predicted octanol–water partition coefficient (Wildman–Crippen LogP) is 3.61. The van der Waals surface area contributed by atoms with Crippen LogP contribution < -0.4 is 10.3 Å². The Bertz CT molecular complexity index is 1160. The number of rotatable bonds is 6. The van der Waals surface area contributed by atoms with E-state index in [2.05, 4.69) is 19.8 Å². The average molecular weight is 396 g/mol. The van der Waals surface area contributed by atoms with Crippen molar-refractivity contribution in [3.8, 4) is 28.4 Å². The molecule has 0 aliphatic heterocycles. The van der Waals surface area contributed by atoms with Crippen molar-refractivity contribution in [2.75, 3.05) is 0 Å². The highest BCUT2D eigenvalue weighted by molar-refractivity contribution is 5.61. The van der Waals surface area contributed by atoms with Gasteiger partial charge in [-0.25, -0.2) is 14.6 Å². The molecule has 0 fully saturated rings. The second-order valence-electron chi connectivity index (χ2n) is 5.97.